The lowest BCUT2D eigenvalue weighted by atomic mass is 10.1. The topological polar surface area (TPSA) is 115 Å². The highest BCUT2D eigenvalue weighted by molar-refractivity contribution is 5.99. The molecule has 3 aromatic heterocycles. The number of ether oxygens (including phenoxy) is 1. The Morgan fingerprint density at radius 1 is 1.28 bits per heavy atom. The number of hydrogen-bond donors (Lipinski definition) is 2. The van der Waals surface area contributed by atoms with Crippen LogP contribution in [0, 0.1) is 5.92 Å². The van der Waals surface area contributed by atoms with Gasteiger partial charge in [0.15, 0.2) is 5.65 Å². The number of fused-ring (bicyclic) bond motifs is 2. The minimum atomic E-state index is -0.503. The first-order chi connectivity index (χ1) is 15.3. The summed E-state index contributed by atoms with van der Waals surface area (Å²) >= 11 is 0. The van der Waals surface area contributed by atoms with Crippen LogP contribution in [0.25, 0.3) is 33.2 Å². The Hall–Kier alpha value is -3.62. The summed E-state index contributed by atoms with van der Waals surface area (Å²) in [5, 5.41) is 6.75. The maximum absolute atomic E-state index is 12.4. The molecule has 0 saturated carbocycles. The number of hydrogen-bond acceptors (Lipinski definition) is 6. The van der Waals surface area contributed by atoms with Gasteiger partial charge in [0, 0.05) is 42.3 Å². The zero-order valence-electron chi connectivity index (χ0n) is 18.5. The van der Waals surface area contributed by atoms with E-state index < -0.39 is 5.60 Å². The molecule has 1 fully saturated rings. The number of H-pyrrole nitrogens is 1. The van der Waals surface area contributed by atoms with Gasteiger partial charge in [0.05, 0.1) is 5.39 Å². The number of carbonyl (C=O) groups is 1. The smallest absolute Gasteiger partial charge is 0.410 e. The van der Waals surface area contributed by atoms with Crippen LogP contribution in [0.2, 0.25) is 0 Å². The zero-order chi connectivity index (χ0) is 22.5. The highest BCUT2D eigenvalue weighted by atomic mass is 16.6. The molecular formula is C23H27N7O2. The van der Waals surface area contributed by atoms with Gasteiger partial charge in [0.1, 0.15) is 23.4 Å². The van der Waals surface area contributed by atoms with E-state index >= 15 is 0 Å². The number of carbonyl (C=O) groups excluding carboxylic acids is 1. The van der Waals surface area contributed by atoms with Crippen LogP contribution < -0.4 is 5.73 Å². The number of nitrogen functional groups attached to an aromatic ring is 1. The number of aromatic amines is 1. The average Bonchev–Trinajstić information content (AvgIpc) is 3.45. The highest BCUT2D eigenvalue weighted by Crippen LogP contribution is 2.32. The number of nitrogens with zero attached hydrogens (tertiary/aromatic N) is 5. The van der Waals surface area contributed by atoms with E-state index in [0.29, 0.717) is 31.1 Å². The Morgan fingerprint density at radius 3 is 2.94 bits per heavy atom. The van der Waals surface area contributed by atoms with Crippen molar-refractivity contribution in [3.05, 3.63) is 36.8 Å². The molecule has 1 aromatic carbocycles. The molecular weight excluding hydrogens is 406 g/mol. The van der Waals surface area contributed by atoms with Crippen LogP contribution in [0.15, 0.2) is 36.8 Å². The second kappa shape index (κ2) is 7.51. The molecule has 4 aromatic rings. The summed E-state index contributed by atoms with van der Waals surface area (Å²) in [5.41, 5.74) is 9.25. The Morgan fingerprint density at radius 2 is 2.12 bits per heavy atom. The van der Waals surface area contributed by atoms with E-state index in [1.807, 2.05) is 49.8 Å². The lowest BCUT2D eigenvalue weighted by Gasteiger charge is -2.24. The summed E-state index contributed by atoms with van der Waals surface area (Å²) in [7, 11) is 0. The van der Waals surface area contributed by atoms with E-state index in [-0.39, 0.29) is 12.0 Å². The van der Waals surface area contributed by atoms with Gasteiger partial charge in [-0.15, -0.1) is 0 Å². The summed E-state index contributed by atoms with van der Waals surface area (Å²) < 4.78 is 7.42. The van der Waals surface area contributed by atoms with Crippen LogP contribution in [0.1, 0.15) is 27.2 Å². The van der Waals surface area contributed by atoms with Crippen molar-refractivity contribution in [1.82, 2.24) is 29.6 Å². The summed E-state index contributed by atoms with van der Waals surface area (Å²) in [6.45, 7) is 7.58. The molecule has 1 amide bonds. The predicted octanol–water partition coefficient (Wildman–Crippen LogP) is 3.81. The number of rotatable bonds is 3. The Balaban J connectivity index is 1.44. The second-order valence-electron chi connectivity index (χ2n) is 9.35. The minimum absolute atomic E-state index is 0.252. The Labute approximate surface area is 185 Å². The molecule has 0 aliphatic carbocycles. The number of aromatic nitrogens is 5. The number of anilines is 1. The first kappa shape index (κ1) is 20.3. The van der Waals surface area contributed by atoms with Crippen molar-refractivity contribution < 1.29 is 9.53 Å². The molecule has 0 radical (unpaired) electrons. The lowest BCUT2D eigenvalue weighted by molar-refractivity contribution is 0.0287. The molecule has 166 valence electrons. The summed E-state index contributed by atoms with van der Waals surface area (Å²) in [6, 6.07) is 8.17. The number of nitrogens with one attached hydrogen (secondary N) is 1. The summed E-state index contributed by atoms with van der Waals surface area (Å²) in [6.07, 6.45) is 4.00. The monoisotopic (exact) mass is 433 g/mol. The lowest BCUT2D eigenvalue weighted by Crippen LogP contribution is -2.35. The van der Waals surface area contributed by atoms with Gasteiger partial charge >= 0.3 is 6.09 Å². The third-order valence-corrected chi connectivity index (χ3v) is 5.75. The van der Waals surface area contributed by atoms with Crippen molar-refractivity contribution in [3.63, 3.8) is 0 Å². The maximum Gasteiger partial charge on any atom is 0.410 e. The van der Waals surface area contributed by atoms with Crippen molar-refractivity contribution >= 4 is 33.8 Å². The molecule has 1 atom stereocenters. The molecule has 1 aliphatic rings. The molecule has 4 heterocycles. The van der Waals surface area contributed by atoms with Gasteiger partial charge < -0.3 is 20.4 Å². The van der Waals surface area contributed by atoms with Crippen molar-refractivity contribution in [3.8, 4) is 11.3 Å². The van der Waals surface area contributed by atoms with Crippen LogP contribution in [-0.4, -0.2) is 54.4 Å². The predicted molar refractivity (Wildman–Crippen MR) is 123 cm³/mol. The molecule has 3 N–H and O–H groups in total. The fourth-order valence-corrected chi connectivity index (χ4v) is 4.28. The third-order valence-electron chi connectivity index (χ3n) is 5.75. The third kappa shape index (κ3) is 3.74. The standard InChI is InChI=1S/C23H27N7O2/c1-23(2,3)32-22(31)29-9-7-14(11-29)12-30-21-18(20(24)26-13-27-21)19(28-30)16-4-5-17-15(10-16)6-8-25-17/h4-6,8,10,13-14,25H,7,9,11-12H2,1-3H3,(H2,24,26,27). The normalized spacial score (nSPS) is 16.8. The molecule has 5 rings (SSSR count). The number of benzene rings is 1. The molecule has 1 saturated heterocycles. The van der Waals surface area contributed by atoms with Gasteiger partial charge in [0.2, 0.25) is 0 Å². The molecule has 9 heteroatoms. The van der Waals surface area contributed by atoms with Gasteiger partial charge in [-0.05, 0) is 51.3 Å². The van der Waals surface area contributed by atoms with Crippen molar-refractivity contribution in [1.29, 1.82) is 0 Å². The van der Waals surface area contributed by atoms with Gasteiger partial charge in [-0.25, -0.2) is 19.4 Å². The maximum atomic E-state index is 12.4. The van der Waals surface area contributed by atoms with E-state index in [0.717, 1.165) is 34.0 Å². The zero-order valence-corrected chi connectivity index (χ0v) is 18.5. The molecule has 9 nitrogen and oxygen atoms in total. The molecule has 0 bridgehead atoms. The Kier molecular flexibility index (Phi) is 4.76. The van der Waals surface area contributed by atoms with Crippen LogP contribution in [0.5, 0.6) is 0 Å². The largest absolute Gasteiger partial charge is 0.444 e. The summed E-state index contributed by atoms with van der Waals surface area (Å²) in [4.78, 5) is 26.1. The van der Waals surface area contributed by atoms with E-state index in [2.05, 4.69) is 21.0 Å². The first-order valence-electron chi connectivity index (χ1n) is 10.8. The molecule has 0 spiro atoms. The summed E-state index contributed by atoms with van der Waals surface area (Å²) in [5.74, 6) is 0.661. The first-order valence-corrected chi connectivity index (χ1v) is 10.8. The van der Waals surface area contributed by atoms with Crippen molar-refractivity contribution in [2.75, 3.05) is 18.8 Å². The molecule has 1 aliphatic heterocycles. The minimum Gasteiger partial charge on any atom is -0.444 e. The quantitative estimate of drug-likeness (QED) is 0.508. The highest BCUT2D eigenvalue weighted by Gasteiger charge is 2.31. The van der Waals surface area contributed by atoms with Gasteiger partial charge in [0.25, 0.3) is 0 Å². The van der Waals surface area contributed by atoms with Crippen molar-refractivity contribution in [2.24, 2.45) is 5.92 Å². The fraction of sp³-hybridized carbons (Fsp3) is 0.391. The van der Waals surface area contributed by atoms with Gasteiger partial charge in [-0.2, -0.15) is 5.10 Å². The fourth-order valence-electron chi connectivity index (χ4n) is 4.28. The Bertz CT molecular complexity index is 1300. The van der Waals surface area contributed by atoms with Gasteiger partial charge in [-0.3, -0.25) is 0 Å². The van der Waals surface area contributed by atoms with E-state index in [4.69, 9.17) is 15.6 Å². The molecule has 1 unspecified atom stereocenters. The number of likely N-dealkylation sites (tertiary alicyclic amines) is 1. The van der Waals surface area contributed by atoms with E-state index in [1.54, 1.807) is 4.90 Å². The van der Waals surface area contributed by atoms with Crippen molar-refractivity contribution in [2.45, 2.75) is 39.3 Å². The van der Waals surface area contributed by atoms with E-state index in [9.17, 15) is 4.79 Å². The van der Waals surface area contributed by atoms with Crippen LogP contribution in [-0.2, 0) is 11.3 Å². The van der Waals surface area contributed by atoms with Gasteiger partial charge in [-0.1, -0.05) is 6.07 Å². The van der Waals surface area contributed by atoms with E-state index in [1.165, 1.54) is 6.33 Å². The SMILES string of the molecule is CC(C)(C)OC(=O)N1CCC(Cn2nc(-c3ccc4[nH]ccc4c3)c3c(N)ncnc32)C1. The van der Waals surface area contributed by atoms with Crippen LogP contribution in [0.4, 0.5) is 10.6 Å². The van der Waals surface area contributed by atoms with Crippen LogP contribution in [0.3, 0.4) is 0 Å². The number of amides is 1. The number of nitrogens with two attached hydrogens (primary N) is 1. The second-order valence-corrected chi connectivity index (χ2v) is 9.35. The van der Waals surface area contributed by atoms with Crippen LogP contribution >= 0.6 is 0 Å². The molecule has 32 heavy (non-hydrogen) atoms. The average molecular weight is 434 g/mol.